The molecule has 100 valence electrons. The second-order valence-electron chi connectivity index (χ2n) is 3.81. The molecule has 0 saturated carbocycles. The number of likely N-dealkylation sites (N-methyl/N-ethyl adjacent to an activating group) is 1. The van der Waals surface area contributed by atoms with Gasteiger partial charge < -0.3 is 10.1 Å². The van der Waals surface area contributed by atoms with E-state index < -0.39 is 18.8 Å². The Morgan fingerprint density at radius 2 is 1.89 bits per heavy atom. The highest BCUT2D eigenvalue weighted by Crippen LogP contribution is 2.21. The van der Waals surface area contributed by atoms with E-state index >= 15 is 0 Å². The highest BCUT2D eigenvalue weighted by Gasteiger charge is 2.28. The zero-order chi connectivity index (χ0) is 13.8. The maximum absolute atomic E-state index is 11.9. The molecular formula is C12H14F3NO2. The van der Waals surface area contributed by atoms with Crippen molar-refractivity contribution in [2.75, 3.05) is 13.7 Å². The van der Waals surface area contributed by atoms with Gasteiger partial charge in [0, 0.05) is 0 Å². The van der Waals surface area contributed by atoms with E-state index in [1.807, 2.05) is 0 Å². The van der Waals surface area contributed by atoms with Gasteiger partial charge in [-0.1, -0.05) is 12.1 Å². The van der Waals surface area contributed by atoms with E-state index in [1.54, 1.807) is 19.2 Å². The number of hydrogen-bond donors (Lipinski definition) is 1. The van der Waals surface area contributed by atoms with Gasteiger partial charge in [-0.3, -0.25) is 4.79 Å². The molecule has 0 aliphatic carbocycles. The second-order valence-corrected chi connectivity index (χ2v) is 3.81. The van der Waals surface area contributed by atoms with Gasteiger partial charge in [-0.05, 0) is 31.7 Å². The first-order valence-corrected chi connectivity index (χ1v) is 5.30. The van der Waals surface area contributed by atoms with Crippen LogP contribution in [0.1, 0.15) is 18.5 Å². The van der Waals surface area contributed by atoms with E-state index in [-0.39, 0.29) is 11.5 Å². The van der Waals surface area contributed by atoms with Crippen LogP contribution >= 0.6 is 0 Å². The minimum atomic E-state index is -4.36. The van der Waals surface area contributed by atoms with Gasteiger partial charge >= 0.3 is 6.18 Å². The van der Waals surface area contributed by atoms with Gasteiger partial charge in [-0.15, -0.1) is 0 Å². The fourth-order valence-electron chi connectivity index (χ4n) is 1.53. The number of halogens is 3. The van der Waals surface area contributed by atoms with Crippen molar-refractivity contribution in [2.24, 2.45) is 0 Å². The fraction of sp³-hybridized carbons (Fsp3) is 0.417. The summed E-state index contributed by atoms with van der Waals surface area (Å²) in [6, 6.07) is 5.49. The number of rotatable bonds is 5. The molecule has 1 rings (SSSR count). The molecule has 1 N–H and O–H groups in total. The summed E-state index contributed by atoms with van der Waals surface area (Å²) in [5.41, 5.74) is 0.685. The zero-order valence-electron chi connectivity index (χ0n) is 10.0. The molecule has 0 aliphatic heterocycles. The Kier molecular flexibility index (Phi) is 4.72. The third-order valence-electron chi connectivity index (χ3n) is 2.31. The average molecular weight is 261 g/mol. The number of hydrogen-bond acceptors (Lipinski definition) is 3. The molecule has 0 amide bonds. The molecule has 0 bridgehead atoms. The highest BCUT2D eigenvalue weighted by atomic mass is 19.4. The second kappa shape index (κ2) is 5.86. The Morgan fingerprint density at radius 3 is 2.28 bits per heavy atom. The third-order valence-corrected chi connectivity index (χ3v) is 2.31. The predicted octanol–water partition coefficient (Wildman–Crippen LogP) is 2.48. The molecule has 18 heavy (non-hydrogen) atoms. The van der Waals surface area contributed by atoms with E-state index in [4.69, 9.17) is 0 Å². The first-order valence-electron chi connectivity index (χ1n) is 5.30. The van der Waals surface area contributed by atoms with Gasteiger partial charge in [0.05, 0.1) is 6.04 Å². The molecule has 1 aromatic rings. The molecule has 1 atom stereocenters. The molecule has 0 aliphatic rings. The number of carbonyl (C=O) groups excluding carboxylic acids is 1. The monoisotopic (exact) mass is 261 g/mol. The highest BCUT2D eigenvalue weighted by molar-refractivity contribution is 5.82. The van der Waals surface area contributed by atoms with E-state index in [2.05, 4.69) is 10.1 Å². The number of Topliss-reactive ketones (excluding diaryl/α,β-unsaturated/α-hetero) is 1. The van der Waals surface area contributed by atoms with Crippen molar-refractivity contribution in [1.82, 2.24) is 5.32 Å². The quantitative estimate of drug-likeness (QED) is 0.885. The van der Waals surface area contributed by atoms with Crippen molar-refractivity contribution in [3.63, 3.8) is 0 Å². The van der Waals surface area contributed by atoms with Crippen molar-refractivity contribution >= 4 is 5.78 Å². The molecule has 0 aromatic heterocycles. The Bertz CT molecular complexity index is 401. The smallest absolute Gasteiger partial charge is 0.422 e. The fourth-order valence-corrected chi connectivity index (χ4v) is 1.53. The molecule has 0 heterocycles. The van der Waals surface area contributed by atoms with Crippen LogP contribution < -0.4 is 10.1 Å². The lowest BCUT2D eigenvalue weighted by molar-refractivity contribution is -0.153. The van der Waals surface area contributed by atoms with Crippen molar-refractivity contribution in [1.29, 1.82) is 0 Å². The van der Waals surface area contributed by atoms with Crippen LogP contribution in [0.3, 0.4) is 0 Å². The van der Waals surface area contributed by atoms with E-state index in [1.165, 1.54) is 19.1 Å². The maximum Gasteiger partial charge on any atom is 0.422 e. The number of benzene rings is 1. The van der Waals surface area contributed by atoms with Gasteiger partial charge in [0.15, 0.2) is 12.4 Å². The van der Waals surface area contributed by atoms with Crippen LogP contribution in [0.25, 0.3) is 0 Å². The van der Waals surface area contributed by atoms with Gasteiger partial charge in [-0.25, -0.2) is 0 Å². The number of nitrogens with one attached hydrogen (secondary N) is 1. The average Bonchev–Trinajstić information content (AvgIpc) is 2.27. The molecule has 6 heteroatoms. The van der Waals surface area contributed by atoms with Crippen LogP contribution in [0.2, 0.25) is 0 Å². The van der Waals surface area contributed by atoms with Gasteiger partial charge in [0.2, 0.25) is 0 Å². The molecule has 3 nitrogen and oxygen atoms in total. The predicted molar refractivity (Wildman–Crippen MR) is 60.5 cm³/mol. The summed E-state index contributed by atoms with van der Waals surface area (Å²) in [6.07, 6.45) is -4.36. The van der Waals surface area contributed by atoms with Gasteiger partial charge in [-0.2, -0.15) is 13.2 Å². The molecule has 0 saturated heterocycles. The first kappa shape index (κ1) is 14.5. The molecule has 1 unspecified atom stereocenters. The Labute approximate surface area is 103 Å². The van der Waals surface area contributed by atoms with Crippen molar-refractivity contribution in [3.05, 3.63) is 29.8 Å². The number of ether oxygens (including phenoxy) is 1. The topological polar surface area (TPSA) is 38.3 Å². The Hall–Kier alpha value is -1.56. The zero-order valence-corrected chi connectivity index (χ0v) is 10.0. The maximum atomic E-state index is 11.9. The van der Waals surface area contributed by atoms with Crippen LogP contribution in [-0.4, -0.2) is 25.6 Å². The van der Waals surface area contributed by atoms with Gasteiger partial charge in [0.1, 0.15) is 5.75 Å². The minimum absolute atomic E-state index is 0.0681. The molecule has 0 spiro atoms. The van der Waals surface area contributed by atoms with Crippen LogP contribution in [-0.2, 0) is 4.79 Å². The molecule has 1 aromatic carbocycles. The first-order chi connectivity index (χ1) is 8.33. The summed E-state index contributed by atoms with van der Waals surface area (Å²) < 4.78 is 40.4. The Morgan fingerprint density at radius 1 is 1.33 bits per heavy atom. The third kappa shape index (κ3) is 4.37. The lowest BCUT2D eigenvalue weighted by atomic mass is 10.0. The SMILES string of the molecule is CNC(C(C)=O)c1ccc(OCC(F)(F)F)cc1. The largest absolute Gasteiger partial charge is 0.484 e. The van der Waals surface area contributed by atoms with Crippen molar-refractivity contribution < 1.29 is 22.7 Å². The minimum Gasteiger partial charge on any atom is -0.484 e. The summed E-state index contributed by atoms with van der Waals surface area (Å²) in [4.78, 5) is 11.3. The van der Waals surface area contributed by atoms with Gasteiger partial charge in [0.25, 0.3) is 0 Å². The normalized spacial score (nSPS) is 13.2. The summed E-state index contributed by atoms with van der Waals surface area (Å²) in [5.74, 6) is 0.0518. The summed E-state index contributed by atoms with van der Waals surface area (Å²) in [7, 11) is 1.64. The molecule has 0 fully saturated rings. The van der Waals surface area contributed by atoms with Crippen LogP contribution in [0.15, 0.2) is 24.3 Å². The van der Waals surface area contributed by atoms with Crippen LogP contribution in [0.4, 0.5) is 13.2 Å². The standard InChI is InChI=1S/C12H14F3NO2/c1-8(17)11(16-2)9-3-5-10(6-4-9)18-7-12(13,14)15/h3-6,11,16H,7H2,1-2H3. The van der Waals surface area contributed by atoms with Crippen LogP contribution in [0, 0.1) is 0 Å². The van der Waals surface area contributed by atoms with E-state index in [0.29, 0.717) is 5.56 Å². The Balaban J connectivity index is 2.71. The van der Waals surface area contributed by atoms with Crippen LogP contribution in [0.5, 0.6) is 5.75 Å². The molecular weight excluding hydrogens is 247 g/mol. The number of alkyl halides is 3. The number of ketones is 1. The summed E-state index contributed by atoms with van der Waals surface area (Å²) >= 11 is 0. The molecule has 0 radical (unpaired) electrons. The lowest BCUT2D eigenvalue weighted by Crippen LogP contribution is -2.23. The van der Waals surface area contributed by atoms with Crippen molar-refractivity contribution in [3.8, 4) is 5.75 Å². The number of carbonyl (C=O) groups is 1. The van der Waals surface area contributed by atoms with E-state index in [9.17, 15) is 18.0 Å². The van der Waals surface area contributed by atoms with Crippen molar-refractivity contribution in [2.45, 2.75) is 19.1 Å². The summed E-state index contributed by atoms with van der Waals surface area (Å²) in [6.45, 7) is 0.115. The lowest BCUT2D eigenvalue weighted by Gasteiger charge is -2.14. The van der Waals surface area contributed by atoms with E-state index in [0.717, 1.165) is 0 Å². The summed E-state index contributed by atoms with van der Waals surface area (Å²) in [5, 5.41) is 2.82.